The van der Waals surface area contributed by atoms with Gasteiger partial charge in [0.1, 0.15) is 67.1 Å². The molecule has 1 spiro atoms. The van der Waals surface area contributed by atoms with Crippen molar-refractivity contribution in [1.29, 1.82) is 0 Å². The Morgan fingerprint density at radius 3 is 2.13 bits per heavy atom. The third kappa shape index (κ3) is 7.90. The molecule has 0 aromatic heterocycles. The standard InChI is InChI=1S/C45H72O18/c1-19-30-27(63-45(19)12-7-21(15-46)17-57-45)14-26-24-6-5-22-13-23(8-10-43(22,3)25(24)9-11-44(26,30)4)59-42-39(62-41-38(55)34(51)31(48)20(2)58-41)36(53)33(50)29(61-42)18-56-40-37(54)35(52)32(49)28(16-47)60-40/h5,19-21,23-42,46-55H,6-18H2,1-4H3/t19-,20-,21-,23-,24+,25-,26+,27-,28+,29+,30-,31-,32+,33+,34+,35-,36-,37+,38+,39+,40+,41-,42+,43-,44-,45+/m0/s1. The minimum Gasteiger partial charge on any atom is -0.396 e. The van der Waals surface area contributed by atoms with Gasteiger partial charge in [-0.25, -0.2) is 0 Å². The highest BCUT2D eigenvalue weighted by Gasteiger charge is 2.69. The Kier molecular flexibility index (Phi) is 13.3. The molecule has 0 unspecified atom stereocenters. The van der Waals surface area contributed by atoms with Crippen LogP contribution >= 0.6 is 0 Å². The number of aliphatic hydroxyl groups excluding tert-OH is 10. The number of ether oxygens (including phenoxy) is 8. The van der Waals surface area contributed by atoms with Crippen molar-refractivity contribution in [3.05, 3.63) is 11.6 Å². The number of hydrogen-bond donors (Lipinski definition) is 10. The van der Waals surface area contributed by atoms with Gasteiger partial charge in [0.2, 0.25) is 0 Å². The van der Waals surface area contributed by atoms with Crippen LogP contribution in [0.15, 0.2) is 11.6 Å². The Hall–Kier alpha value is -0.980. The molecule has 9 rings (SSSR count). The zero-order valence-corrected chi connectivity index (χ0v) is 36.8. The molecule has 5 saturated heterocycles. The fourth-order valence-electron chi connectivity index (χ4n) is 14.0. The highest BCUT2D eigenvalue weighted by molar-refractivity contribution is 5.26. The monoisotopic (exact) mass is 900 g/mol. The van der Waals surface area contributed by atoms with Crippen molar-refractivity contribution in [1.82, 2.24) is 0 Å². The Balaban J connectivity index is 0.899. The van der Waals surface area contributed by atoms with Crippen LogP contribution in [-0.4, -0.2) is 188 Å². The predicted octanol–water partition coefficient (Wildman–Crippen LogP) is -0.813. The summed E-state index contributed by atoms with van der Waals surface area (Å²) in [5, 5.41) is 105. The van der Waals surface area contributed by atoms with E-state index in [1.165, 1.54) is 12.5 Å². The molecule has 63 heavy (non-hydrogen) atoms. The van der Waals surface area contributed by atoms with Gasteiger partial charge >= 0.3 is 0 Å². The first kappa shape index (κ1) is 47.1. The highest BCUT2D eigenvalue weighted by Crippen LogP contribution is 2.70. The van der Waals surface area contributed by atoms with Gasteiger partial charge in [-0.2, -0.15) is 0 Å². The van der Waals surface area contributed by atoms with Gasteiger partial charge in [0.15, 0.2) is 24.7 Å². The number of fused-ring (bicyclic) bond motifs is 7. The highest BCUT2D eigenvalue weighted by atomic mass is 16.8. The lowest BCUT2D eigenvalue weighted by Gasteiger charge is -2.58. The maximum absolute atomic E-state index is 11.6. The van der Waals surface area contributed by atoms with Crippen LogP contribution in [0.5, 0.6) is 0 Å². The van der Waals surface area contributed by atoms with E-state index in [0.717, 1.165) is 44.9 Å². The molecule has 8 fully saturated rings. The van der Waals surface area contributed by atoms with Crippen molar-refractivity contribution in [2.75, 3.05) is 26.4 Å². The van der Waals surface area contributed by atoms with Crippen molar-refractivity contribution in [3.63, 3.8) is 0 Å². The van der Waals surface area contributed by atoms with Crippen LogP contribution in [0, 0.1) is 46.3 Å². The molecule has 0 amide bonds. The Bertz CT molecular complexity index is 1630. The summed E-state index contributed by atoms with van der Waals surface area (Å²) in [6.45, 7) is 8.24. The van der Waals surface area contributed by atoms with Crippen LogP contribution in [0.2, 0.25) is 0 Å². The Morgan fingerprint density at radius 2 is 1.41 bits per heavy atom. The van der Waals surface area contributed by atoms with Crippen molar-refractivity contribution in [2.24, 2.45) is 46.3 Å². The molecule has 18 nitrogen and oxygen atoms in total. The van der Waals surface area contributed by atoms with Crippen molar-refractivity contribution in [3.8, 4) is 0 Å². The van der Waals surface area contributed by atoms with E-state index in [-0.39, 0.29) is 35.4 Å². The largest absolute Gasteiger partial charge is 0.396 e. The second-order valence-electron chi connectivity index (χ2n) is 21.1. The third-order valence-electron chi connectivity index (χ3n) is 17.8. The summed E-state index contributed by atoms with van der Waals surface area (Å²) < 4.78 is 49.3. The van der Waals surface area contributed by atoms with E-state index in [9.17, 15) is 51.1 Å². The molecule has 3 saturated carbocycles. The quantitative estimate of drug-likeness (QED) is 0.127. The molecule has 26 atom stereocenters. The zero-order chi connectivity index (χ0) is 44.9. The van der Waals surface area contributed by atoms with Crippen molar-refractivity contribution in [2.45, 2.75) is 196 Å². The lowest BCUT2D eigenvalue weighted by molar-refractivity contribution is -0.375. The first-order valence-corrected chi connectivity index (χ1v) is 23.5. The predicted molar refractivity (Wildman–Crippen MR) is 216 cm³/mol. The summed E-state index contributed by atoms with van der Waals surface area (Å²) in [5.74, 6) is 1.81. The van der Waals surface area contributed by atoms with Gasteiger partial charge in [0.25, 0.3) is 0 Å². The summed E-state index contributed by atoms with van der Waals surface area (Å²) in [6.07, 6.45) is -12.3. The van der Waals surface area contributed by atoms with Crippen LogP contribution in [-0.2, 0) is 37.9 Å². The average molecular weight is 901 g/mol. The first-order valence-electron chi connectivity index (χ1n) is 23.5. The molecular weight excluding hydrogens is 828 g/mol. The second-order valence-corrected chi connectivity index (χ2v) is 21.1. The van der Waals surface area contributed by atoms with Gasteiger partial charge in [0.05, 0.1) is 38.1 Å². The van der Waals surface area contributed by atoms with Gasteiger partial charge < -0.3 is 89.0 Å². The summed E-state index contributed by atoms with van der Waals surface area (Å²) in [7, 11) is 0. The minimum absolute atomic E-state index is 0.0603. The molecule has 9 aliphatic rings. The van der Waals surface area contributed by atoms with Crippen molar-refractivity contribution < 1.29 is 89.0 Å². The fraction of sp³-hybridized carbons (Fsp3) is 0.956. The van der Waals surface area contributed by atoms with Crippen molar-refractivity contribution >= 4 is 0 Å². The van der Waals surface area contributed by atoms with Crippen LogP contribution < -0.4 is 0 Å². The maximum Gasteiger partial charge on any atom is 0.187 e. The van der Waals surface area contributed by atoms with Crippen LogP contribution in [0.1, 0.15) is 85.5 Å². The average Bonchev–Trinajstić information content (AvgIpc) is 3.72. The van der Waals surface area contributed by atoms with Gasteiger partial charge in [-0.05, 0) is 92.8 Å². The Morgan fingerprint density at radius 1 is 0.698 bits per heavy atom. The first-order chi connectivity index (χ1) is 29.9. The second kappa shape index (κ2) is 17.8. The summed E-state index contributed by atoms with van der Waals surface area (Å²) in [6, 6.07) is 0. The number of aliphatic hydroxyl groups is 10. The third-order valence-corrected chi connectivity index (χ3v) is 17.8. The molecule has 4 aliphatic carbocycles. The molecule has 0 aromatic carbocycles. The van der Waals surface area contributed by atoms with E-state index in [1.807, 2.05) is 0 Å². The van der Waals surface area contributed by atoms with Gasteiger partial charge in [-0.15, -0.1) is 0 Å². The SMILES string of the molecule is C[C@@H]1O[C@@H](O[C@H]2[C@H](O[C@H]3CC[C@@]4(C)C(=CC[C@H]5[C@H]6C[C@@H]7O[C@]8(CC[C@@H](CO)CO8)[C@@H](C)[C@@H]7[C@@]6(C)CC[C@@H]54)C3)O[C@H](CO[C@@H]3O[C@H](CO)[C@@H](O)[C@H](O)[C@H]3O)[C@@H](O)[C@@H]2O)[C@H](O)[C@H](O)[C@H]1O. The summed E-state index contributed by atoms with van der Waals surface area (Å²) >= 11 is 0. The van der Waals surface area contributed by atoms with E-state index in [0.29, 0.717) is 43.1 Å². The maximum atomic E-state index is 11.6. The molecule has 0 aromatic rings. The molecule has 0 radical (unpaired) electrons. The fourth-order valence-corrected chi connectivity index (χ4v) is 14.0. The number of rotatable bonds is 9. The topological polar surface area (TPSA) is 276 Å². The molecule has 10 N–H and O–H groups in total. The van der Waals surface area contributed by atoms with Gasteiger partial charge in [-0.3, -0.25) is 0 Å². The zero-order valence-electron chi connectivity index (χ0n) is 36.8. The van der Waals surface area contributed by atoms with Crippen LogP contribution in [0.4, 0.5) is 0 Å². The molecule has 5 aliphatic heterocycles. The van der Waals surface area contributed by atoms with E-state index in [4.69, 9.17) is 37.9 Å². The van der Waals surface area contributed by atoms with Crippen LogP contribution in [0.25, 0.3) is 0 Å². The number of hydrogen-bond acceptors (Lipinski definition) is 18. The molecule has 18 heteroatoms. The summed E-state index contributed by atoms with van der Waals surface area (Å²) in [4.78, 5) is 0. The molecule has 360 valence electrons. The van der Waals surface area contributed by atoms with E-state index < -0.39 is 117 Å². The molecule has 5 heterocycles. The van der Waals surface area contributed by atoms with E-state index in [2.05, 4.69) is 26.8 Å². The Labute approximate surface area is 368 Å². The van der Waals surface area contributed by atoms with E-state index in [1.54, 1.807) is 0 Å². The van der Waals surface area contributed by atoms with Gasteiger partial charge in [-0.1, -0.05) is 32.4 Å². The lowest BCUT2D eigenvalue weighted by atomic mass is 9.47. The normalized spacial score (nSPS) is 56.9. The number of allylic oxidation sites excluding steroid dienone is 1. The van der Waals surface area contributed by atoms with E-state index >= 15 is 0 Å². The summed E-state index contributed by atoms with van der Waals surface area (Å²) in [5.41, 5.74) is 1.39. The molecular formula is C45H72O18. The minimum atomic E-state index is -1.71. The van der Waals surface area contributed by atoms with Crippen LogP contribution in [0.3, 0.4) is 0 Å². The lowest BCUT2D eigenvalue weighted by Crippen LogP contribution is -2.65. The smallest absolute Gasteiger partial charge is 0.187 e. The van der Waals surface area contributed by atoms with Gasteiger partial charge in [0, 0.05) is 24.9 Å². The molecule has 0 bridgehead atoms.